The van der Waals surface area contributed by atoms with Crippen LogP contribution in [0.5, 0.6) is 0 Å². The van der Waals surface area contributed by atoms with Crippen LogP contribution in [0.1, 0.15) is 28.3 Å². The molecule has 1 aromatic carbocycles. The fourth-order valence-corrected chi connectivity index (χ4v) is 3.89. The summed E-state index contributed by atoms with van der Waals surface area (Å²) in [4.78, 5) is 31.1. The third-order valence-corrected chi connectivity index (χ3v) is 4.96. The first kappa shape index (κ1) is 16.4. The van der Waals surface area contributed by atoms with E-state index in [0.29, 0.717) is 11.0 Å². The maximum atomic E-state index is 12.4. The summed E-state index contributed by atoms with van der Waals surface area (Å²) in [5.41, 5.74) is 2.20. The maximum absolute atomic E-state index is 12.4. The van der Waals surface area contributed by atoms with E-state index < -0.39 is 0 Å². The van der Waals surface area contributed by atoms with Gasteiger partial charge in [-0.15, -0.1) is 11.3 Å². The lowest BCUT2D eigenvalue weighted by Crippen LogP contribution is -2.34. The first-order valence-electron chi connectivity index (χ1n) is 7.76. The predicted molar refractivity (Wildman–Crippen MR) is 96.4 cm³/mol. The summed E-state index contributed by atoms with van der Waals surface area (Å²) in [5.74, 6) is -0.191. The smallest absolute Gasteiger partial charge is 0.269 e. The number of para-hydroxylation sites is 2. The maximum Gasteiger partial charge on any atom is 0.269 e. The summed E-state index contributed by atoms with van der Waals surface area (Å²) >= 11 is 1.72. The number of aryl methyl sites for hydroxylation is 2. The van der Waals surface area contributed by atoms with Crippen molar-refractivity contribution in [3.63, 3.8) is 0 Å². The summed E-state index contributed by atoms with van der Waals surface area (Å²) in [6.07, 6.45) is 1.26. The molecule has 3 rings (SSSR count). The van der Waals surface area contributed by atoms with Crippen LogP contribution in [0.3, 0.4) is 0 Å². The Kier molecular flexibility index (Phi) is 4.49. The Morgan fingerprint density at radius 2 is 2.08 bits per heavy atom. The Morgan fingerprint density at radius 1 is 1.33 bits per heavy atom. The molecule has 0 aliphatic rings. The van der Waals surface area contributed by atoms with Crippen LogP contribution < -0.4 is 10.9 Å². The Bertz CT molecular complexity index is 958. The molecule has 3 aromatic rings. The number of fused-ring (bicyclic) bond motifs is 1. The fourth-order valence-electron chi connectivity index (χ4n) is 2.87. The molecule has 0 bridgehead atoms. The second-order valence-corrected chi connectivity index (χ2v) is 7.29. The zero-order valence-corrected chi connectivity index (χ0v) is 14.7. The van der Waals surface area contributed by atoms with E-state index in [-0.39, 0.29) is 24.1 Å². The van der Waals surface area contributed by atoms with Crippen molar-refractivity contribution < 1.29 is 4.79 Å². The third kappa shape index (κ3) is 3.23. The molecule has 0 aliphatic heterocycles. The van der Waals surface area contributed by atoms with Crippen LogP contribution >= 0.6 is 11.3 Å². The standard InChI is InChI=1S/C18H19N3O2S/c1-11-8-14(13(3)24-11)12(2)20-17(22)10-21-16-7-5-4-6-15(16)19-9-18(21)23/h4-9,12H,10H2,1-3H3,(H,20,22). The molecule has 0 saturated carbocycles. The van der Waals surface area contributed by atoms with Gasteiger partial charge in [0.25, 0.3) is 5.56 Å². The van der Waals surface area contributed by atoms with Crippen molar-refractivity contribution in [3.05, 3.63) is 62.2 Å². The molecule has 1 amide bonds. The number of amides is 1. The van der Waals surface area contributed by atoms with Gasteiger partial charge in [-0.25, -0.2) is 4.98 Å². The second-order valence-electron chi connectivity index (χ2n) is 5.83. The molecular weight excluding hydrogens is 322 g/mol. The van der Waals surface area contributed by atoms with E-state index >= 15 is 0 Å². The molecule has 1 N–H and O–H groups in total. The van der Waals surface area contributed by atoms with Crippen molar-refractivity contribution in [1.29, 1.82) is 0 Å². The van der Waals surface area contributed by atoms with Gasteiger partial charge in [0.2, 0.25) is 5.91 Å². The van der Waals surface area contributed by atoms with Gasteiger partial charge in [-0.3, -0.25) is 14.2 Å². The number of carbonyl (C=O) groups excluding carboxylic acids is 1. The molecule has 2 heterocycles. The van der Waals surface area contributed by atoms with Crippen LogP contribution in [-0.4, -0.2) is 15.5 Å². The number of hydrogen-bond acceptors (Lipinski definition) is 4. The Hall–Kier alpha value is -2.47. The topological polar surface area (TPSA) is 64.0 Å². The number of nitrogens with one attached hydrogen (secondary N) is 1. The number of aromatic nitrogens is 2. The van der Waals surface area contributed by atoms with Crippen molar-refractivity contribution in [2.75, 3.05) is 0 Å². The first-order valence-corrected chi connectivity index (χ1v) is 8.58. The number of nitrogens with zero attached hydrogens (tertiary/aromatic N) is 2. The van der Waals surface area contributed by atoms with Crippen molar-refractivity contribution in [2.24, 2.45) is 0 Å². The number of carbonyl (C=O) groups is 1. The van der Waals surface area contributed by atoms with Crippen molar-refractivity contribution in [2.45, 2.75) is 33.4 Å². The van der Waals surface area contributed by atoms with E-state index in [2.05, 4.69) is 30.2 Å². The van der Waals surface area contributed by atoms with Gasteiger partial charge < -0.3 is 5.32 Å². The van der Waals surface area contributed by atoms with Gasteiger partial charge in [0.1, 0.15) is 6.54 Å². The first-order chi connectivity index (χ1) is 11.5. The number of benzene rings is 1. The molecule has 0 fully saturated rings. The lowest BCUT2D eigenvalue weighted by molar-refractivity contribution is -0.122. The van der Waals surface area contributed by atoms with E-state index in [1.54, 1.807) is 17.4 Å². The van der Waals surface area contributed by atoms with Crippen LogP contribution in [-0.2, 0) is 11.3 Å². The molecule has 1 unspecified atom stereocenters. The number of thiophene rings is 1. The van der Waals surface area contributed by atoms with Crippen LogP contribution in [0, 0.1) is 13.8 Å². The van der Waals surface area contributed by atoms with Gasteiger partial charge in [-0.2, -0.15) is 0 Å². The monoisotopic (exact) mass is 341 g/mol. The van der Waals surface area contributed by atoms with Crippen molar-refractivity contribution >= 4 is 28.3 Å². The minimum Gasteiger partial charge on any atom is -0.348 e. The van der Waals surface area contributed by atoms with Gasteiger partial charge in [0.15, 0.2) is 0 Å². The average Bonchev–Trinajstić information content (AvgIpc) is 2.89. The minimum absolute atomic E-state index is 0.0195. The highest BCUT2D eigenvalue weighted by molar-refractivity contribution is 7.12. The quantitative estimate of drug-likeness (QED) is 0.793. The zero-order valence-electron chi connectivity index (χ0n) is 13.9. The van der Waals surface area contributed by atoms with Crippen LogP contribution in [0.15, 0.2) is 41.3 Å². The highest BCUT2D eigenvalue weighted by atomic mass is 32.1. The Balaban J connectivity index is 1.82. The predicted octanol–water partition coefficient (Wildman–Crippen LogP) is 2.95. The van der Waals surface area contributed by atoms with Crippen molar-refractivity contribution in [3.8, 4) is 0 Å². The highest BCUT2D eigenvalue weighted by Gasteiger charge is 2.15. The summed E-state index contributed by atoms with van der Waals surface area (Å²) < 4.78 is 1.45. The van der Waals surface area contributed by atoms with Gasteiger partial charge >= 0.3 is 0 Å². The second kappa shape index (κ2) is 6.57. The third-order valence-electron chi connectivity index (χ3n) is 3.98. The molecule has 2 aromatic heterocycles. The number of rotatable bonds is 4. The summed E-state index contributed by atoms with van der Waals surface area (Å²) in [7, 11) is 0. The molecule has 24 heavy (non-hydrogen) atoms. The molecule has 0 spiro atoms. The lowest BCUT2D eigenvalue weighted by atomic mass is 10.1. The van der Waals surface area contributed by atoms with Gasteiger partial charge in [0.05, 0.1) is 23.3 Å². The van der Waals surface area contributed by atoms with Gasteiger partial charge in [-0.1, -0.05) is 12.1 Å². The molecule has 0 radical (unpaired) electrons. The average molecular weight is 341 g/mol. The van der Waals surface area contributed by atoms with Gasteiger partial charge in [0, 0.05) is 9.75 Å². The molecule has 0 saturated heterocycles. The molecule has 0 aliphatic carbocycles. The minimum atomic E-state index is -0.279. The molecule has 6 heteroatoms. The van der Waals surface area contributed by atoms with Crippen LogP contribution in [0.2, 0.25) is 0 Å². The molecule has 124 valence electrons. The summed E-state index contributed by atoms with van der Waals surface area (Å²) in [5, 5.41) is 2.98. The van der Waals surface area contributed by atoms with E-state index in [9.17, 15) is 9.59 Å². The largest absolute Gasteiger partial charge is 0.348 e. The van der Waals surface area contributed by atoms with E-state index in [0.717, 1.165) is 5.56 Å². The number of hydrogen-bond donors (Lipinski definition) is 1. The van der Waals surface area contributed by atoms with Crippen molar-refractivity contribution in [1.82, 2.24) is 14.9 Å². The molecular formula is C18H19N3O2S. The molecule has 5 nitrogen and oxygen atoms in total. The fraction of sp³-hybridized carbons (Fsp3) is 0.278. The summed E-state index contributed by atoms with van der Waals surface area (Å²) in [6.45, 7) is 6.04. The van der Waals surface area contributed by atoms with Crippen LogP contribution in [0.4, 0.5) is 0 Å². The normalized spacial score (nSPS) is 12.3. The van der Waals surface area contributed by atoms with Crippen LogP contribution in [0.25, 0.3) is 11.0 Å². The van der Waals surface area contributed by atoms with E-state index in [1.165, 1.54) is 20.5 Å². The van der Waals surface area contributed by atoms with E-state index in [1.807, 2.05) is 25.1 Å². The SMILES string of the molecule is Cc1cc(C(C)NC(=O)Cn2c(=O)cnc3ccccc32)c(C)s1. The van der Waals surface area contributed by atoms with E-state index in [4.69, 9.17) is 0 Å². The Labute approximate surface area is 144 Å². The lowest BCUT2D eigenvalue weighted by Gasteiger charge is -2.15. The van der Waals surface area contributed by atoms with Gasteiger partial charge in [-0.05, 0) is 44.5 Å². The summed E-state index contributed by atoms with van der Waals surface area (Å²) in [6, 6.07) is 9.31. The highest BCUT2D eigenvalue weighted by Crippen LogP contribution is 2.26. The Morgan fingerprint density at radius 3 is 2.79 bits per heavy atom. The molecule has 1 atom stereocenters. The zero-order chi connectivity index (χ0) is 17.3.